The van der Waals surface area contributed by atoms with Gasteiger partial charge in [-0.15, -0.1) is 0 Å². The first-order chi connectivity index (χ1) is 9.65. The molecular formula is C17H19NO2. The molecule has 3 aliphatic carbocycles. The molecule has 0 aromatic heterocycles. The third-order valence-electron chi connectivity index (χ3n) is 5.53. The van der Waals surface area contributed by atoms with Gasteiger partial charge in [0.25, 0.3) is 0 Å². The second-order valence-electron chi connectivity index (χ2n) is 6.64. The van der Waals surface area contributed by atoms with E-state index in [1.54, 1.807) is 0 Å². The van der Waals surface area contributed by atoms with Crippen LogP contribution >= 0.6 is 0 Å². The van der Waals surface area contributed by atoms with Gasteiger partial charge < -0.3 is 5.32 Å². The first-order valence-corrected chi connectivity index (χ1v) is 7.57. The minimum Gasteiger partial charge on any atom is -0.326 e. The van der Waals surface area contributed by atoms with Gasteiger partial charge in [-0.25, -0.2) is 0 Å². The molecule has 1 aromatic carbocycles. The maximum absolute atomic E-state index is 12.6. The van der Waals surface area contributed by atoms with Gasteiger partial charge >= 0.3 is 0 Å². The van der Waals surface area contributed by atoms with Gasteiger partial charge in [0.1, 0.15) is 0 Å². The van der Waals surface area contributed by atoms with E-state index in [1.165, 1.54) is 26.2 Å². The minimum atomic E-state index is -0.0858. The smallest absolute Gasteiger partial charge is 0.221 e. The predicted octanol–water partition coefficient (Wildman–Crippen LogP) is 3.12. The standard InChI is InChI=1S/C17H19NO2/c1-9(19)18-13-6-4-10(5-7-13)17(20)16-14-11-2-3-12(8-11)15(14)16/h4-7,11-12,14-16H,2-3,8H2,1H3,(H,18,19). The van der Waals surface area contributed by atoms with E-state index in [9.17, 15) is 9.59 Å². The zero-order chi connectivity index (χ0) is 13.9. The average molecular weight is 269 g/mol. The summed E-state index contributed by atoms with van der Waals surface area (Å²) in [4.78, 5) is 23.6. The van der Waals surface area contributed by atoms with Crippen molar-refractivity contribution < 1.29 is 9.59 Å². The fraction of sp³-hybridized carbons (Fsp3) is 0.529. The van der Waals surface area contributed by atoms with Crippen molar-refractivity contribution in [1.82, 2.24) is 0 Å². The third-order valence-corrected chi connectivity index (χ3v) is 5.53. The molecule has 104 valence electrons. The number of rotatable bonds is 3. The molecule has 3 aliphatic rings. The number of benzene rings is 1. The first kappa shape index (κ1) is 12.1. The van der Waals surface area contributed by atoms with Gasteiger partial charge in [-0.05, 0) is 67.2 Å². The fourth-order valence-corrected chi connectivity index (χ4v) is 4.79. The average Bonchev–Trinajstić information content (AvgIpc) is 2.86. The highest BCUT2D eigenvalue weighted by Crippen LogP contribution is 2.69. The molecule has 20 heavy (non-hydrogen) atoms. The van der Waals surface area contributed by atoms with Crippen LogP contribution in [0, 0.1) is 29.6 Å². The molecule has 1 N–H and O–H groups in total. The summed E-state index contributed by atoms with van der Waals surface area (Å²) in [6.45, 7) is 1.49. The van der Waals surface area contributed by atoms with E-state index in [0.29, 0.717) is 23.5 Å². The summed E-state index contributed by atoms with van der Waals surface area (Å²) < 4.78 is 0. The van der Waals surface area contributed by atoms with E-state index < -0.39 is 0 Å². The molecule has 4 atom stereocenters. The van der Waals surface area contributed by atoms with Crippen LogP contribution in [0.15, 0.2) is 24.3 Å². The van der Waals surface area contributed by atoms with Crippen LogP contribution in [-0.2, 0) is 4.79 Å². The molecule has 3 nitrogen and oxygen atoms in total. The molecule has 4 unspecified atom stereocenters. The lowest BCUT2D eigenvalue weighted by molar-refractivity contribution is -0.114. The van der Waals surface area contributed by atoms with Crippen molar-refractivity contribution in [3.05, 3.63) is 29.8 Å². The Balaban J connectivity index is 1.48. The second-order valence-corrected chi connectivity index (χ2v) is 6.64. The Hall–Kier alpha value is -1.64. The summed E-state index contributed by atoms with van der Waals surface area (Å²) >= 11 is 0. The zero-order valence-electron chi connectivity index (χ0n) is 11.6. The molecule has 0 saturated heterocycles. The van der Waals surface area contributed by atoms with Gasteiger partial charge in [0, 0.05) is 24.1 Å². The van der Waals surface area contributed by atoms with Crippen molar-refractivity contribution in [2.45, 2.75) is 26.2 Å². The minimum absolute atomic E-state index is 0.0858. The normalized spacial score (nSPS) is 36.5. The van der Waals surface area contributed by atoms with Crippen molar-refractivity contribution in [2.24, 2.45) is 29.6 Å². The number of hydrogen-bond acceptors (Lipinski definition) is 2. The second kappa shape index (κ2) is 4.18. The van der Waals surface area contributed by atoms with E-state index in [4.69, 9.17) is 0 Å². The highest BCUT2D eigenvalue weighted by molar-refractivity contribution is 6.01. The SMILES string of the molecule is CC(=O)Nc1ccc(C(=O)C2C3C4CCC(C4)C23)cc1. The predicted molar refractivity (Wildman–Crippen MR) is 76.4 cm³/mol. The quantitative estimate of drug-likeness (QED) is 0.857. The maximum atomic E-state index is 12.6. The Morgan fingerprint density at radius 2 is 1.65 bits per heavy atom. The summed E-state index contributed by atoms with van der Waals surface area (Å²) in [5, 5.41) is 2.73. The molecule has 0 aliphatic heterocycles. The molecule has 3 fully saturated rings. The van der Waals surface area contributed by atoms with Crippen LogP contribution < -0.4 is 5.32 Å². The number of anilines is 1. The molecule has 3 saturated carbocycles. The largest absolute Gasteiger partial charge is 0.326 e. The molecular weight excluding hydrogens is 250 g/mol. The molecule has 3 heteroatoms. The topological polar surface area (TPSA) is 46.2 Å². The van der Waals surface area contributed by atoms with E-state index in [1.807, 2.05) is 24.3 Å². The van der Waals surface area contributed by atoms with Crippen molar-refractivity contribution >= 4 is 17.4 Å². The van der Waals surface area contributed by atoms with Crippen molar-refractivity contribution in [3.63, 3.8) is 0 Å². The lowest BCUT2D eigenvalue weighted by Gasteiger charge is -2.08. The number of carbonyl (C=O) groups is 2. The van der Waals surface area contributed by atoms with Crippen LogP contribution in [0.2, 0.25) is 0 Å². The molecule has 0 spiro atoms. The van der Waals surface area contributed by atoms with Gasteiger partial charge in [-0.1, -0.05) is 0 Å². The number of ketones is 1. The summed E-state index contributed by atoms with van der Waals surface area (Å²) in [5.74, 6) is 3.58. The third kappa shape index (κ3) is 1.72. The number of hydrogen-bond donors (Lipinski definition) is 1. The number of carbonyl (C=O) groups excluding carboxylic acids is 2. The van der Waals surface area contributed by atoms with Crippen LogP contribution in [0.5, 0.6) is 0 Å². The highest BCUT2D eigenvalue weighted by Gasteiger charge is 2.67. The Kier molecular flexibility index (Phi) is 2.53. The molecule has 1 amide bonds. The van der Waals surface area contributed by atoms with E-state index in [-0.39, 0.29) is 5.91 Å². The van der Waals surface area contributed by atoms with E-state index in [2.05, 4.69) is 5.32 Å². The number of nitrogens with one attached hydrogen (secondary N) is 1. The molecule has 1 aromatic rings. The Labute approximate surface area is 118 Å². The summed E-state index contributed by atoms with van der Waals surface area (Å²) in [7, 11) is 0. The molecule has 2 bridgehead atoms. The summed E-state index contributed by atoms with van der Waals surface area (Å²) in [5.41, 5.74) is 1.56. The van der Waals surface area contributed by atoms with Crippen LogP contribution in [-0.4, -0.2) is 11.7 Å². The van der Waals surface area contributed by atoms with Gasteiger partial charge in [-0.2, -0.15) is 0 Å². The van der Waals surface area contributed by atoms with Crippen LogP contribution in [0.25, 0.3) is 0 Å². The zero-order valence-corrected chi connectivity index (χ0v) is 11.6. The lowest BCUT2D eigenvalue weighted by atomic mass is 9.96. The number of amides is 1. The van der Waals surface area contributed by atoms with Gasteiger partial charge in [0.2, 0.25) is 5.91 Å². The van der Waals surface area contributed by atoms with Gasteiger partial charge in [-0.3, -0.25) is 9.59 Å². The number of Topliss-reactive ketones (excluding diaryl/α,β-unsaturated/α-hetero) is 1. The first-order valence-electron chi connectivity index (χ1n) is 7.57. The highest BCUT2D eigenvalue weighted by atomic mass is 16.1. The van der Waals surface area contributed by atoms with Gasteiger partial charge in [0.15, 0.2) is 5.78 Å². The van der Waals surface area contributed by atoms with Crippen LogP contribution in [0.4, 0.5) is 5.69 Å². The summed E-state index contributed by atoms with van der Waals surface area (Å²) in [6.07, 6.45) is 4.06. The van der Waals surface area contributed by atoms with Crippen LogP contribution in [0.3, 0.4) is 0 Å². The van der Waals surface area contributed by atoms with E-state index in [0.717, 1.165) is 23.1 Å². The molecule has 0 heterocycles. The molecule has 0 radical (unpaired) electrons. The monoisotopic (exact) mass is 269 g/mol. The summed E-state index contributed by atoms with van der Waals surface area (Å²) in [6, 6.07) is 7.34. The Morgan fingerprint density at radius 3 is 2.20 bits per heavy atom. The Morgan fingerprint density at radius 1 is 1.05 bits per heavy atom. The maximum Gasteiger partial charge on any atom is 0.221 e. The fourth-order valence-electron chi connectivity index (χ4n) is 4.79. The molecule has 4 rings (SSSR count). The van der Waals surface area contributed by atoms with Crippen molar-refractivity contribution in [2.75, 3.05) is 5.32 Å². The van der Waals surface area contributed by atoms with Crippen LogP contribution in [0.1, 0.15) is 36.5 Å². The van der Waals surface area contributed by atoms with Gasteiger partial charge in [0.05, 0.1) is 0 Å². The lowest BCUT2D eigenvalue weighted by Crippen LogP contribution is -2.10. The van der Waals surface area contributed by atoms with Crippen molar-refractivity contribution in [1.29, 1.82) is 0 Å². The van der Waals surface area contributed by atoms with Crippen molar-refractivity contribution in [3.8, 4) is 0 Å². The van der Waals surface area contributed by atoms with E-state index >= 15 is 0 Å². The Bertz CT molecular complexity index is 561. The number of fused-ring (bicyclic) bond motifs is 5.